The van der Waals surface area contributed by atoms with Gasteiger partial charge in [-0.15, -0.1) is 0 Å². The fourth-order valence-corrected chi connectivity index (χ4v) is 1.51. The van der Waals surface area contributed by atoms with Crippen LogP contribution in [0, 0.1) is 0 Å². The van der Waals surface area contributed by atoms with Crippen LogP contribution in [-0.2, 0) is 9.59 Å². The molecular weight excluding hydrogens is 228 g/mol. The Kier molecular flexibility index (Phi) is 4.70. The van der Waals surface area contributed by atoms with Crippen molar-refractivity contribution in [2.75, 3.05) is 39.3 Å². The standard InChI is InChI=1S/C9H16N4O4/c10-5-7(14)11-6-8(15)12-1-3-13(4-2-12)9(16)17/h1-6,10H2,(H,11,14)(H,16,17). The first-order valence-corrected chi connectivity index (χ1v) is 5.27. The SMILES string of the molecule is NCC(=O)NCC(=O)N1CCN(C(=O)O)CC1. The maximum Gasteiger partial charge on any atom is 0.407 e. The zero-order chi connectivity index (χ0) is 12.8. The molecule has 1 fully saturated rings. The van der Waals surface area contributed by atoms with Crippen LogP contribution in [0.25, 0.3) is 0 Å². The number of nitrogens with zero attached hydrogens (tertiary/aromatic N) is 2. The largest absolute Gasteiger partial charge is 0.465 e. The topological polar surface area (TPSA) is 116 Å². The molecule has 0 atom stereocenters. The minimum Gasteiger partial charge on any atom is -0.465 e. The summed E-state index contributed by atoms with van der Waals surface area (Å²) in [7, 11) is 0. The van der Waals surface area contributed by atoms with Crippen molar-refractivity contribution in [2.45, 2.75) is 0 Å². The van der Waals surface area contributed by atoms with E-state index in [-0.39, 0.29) is 24.9 Å². The number of carbonyl (C=O) groups excluding carboxylic acids is 2. The lowest BCUT2D eigenvalue weighted by atomic mass is 10.3. The maximum absolute atomic E-state index is 11.6. The second-order valence-corrected chi connectivity index (χ2v) is 3.63. The van der Waals surface area contributed by atoms with Crippen molar-refractivity contribution in [2.24, 2.45) is 5.73 Å². The number of piperazine rings is 1. The minimum absolute atomic E-state index is 0.0941. The van der Waals surface area contributed by atoms with E-state index in [0.717, 1.165) is 0 Å². The van der Waals surface area contributed by atoms with Gasteiger partial charge in [-0.3, -0.25) is 9.59 Å². The summed E-state index contributed by atoms with van der Waals surface area (Å²) in [5, 5.41) is 11.1. The molecule has 8 heteroatoms. The van der Waals surface area contributed by atoms with Gasteiger partial charge in [0.15, 0.2) is 0 Å². The molecule has 1 saturated heterocycles. The molecule has 0 bridgehead atoms. The van der Waals surface area contributed by atoms with E-state index in [2.05, 4.69) is 5.32 Å². The predicted octanol–water partition coefficient (Wildman–Crippen LogP) is -2.12. The molecule has 8 nitrogen and oxygen atoms in total. The van der Waals surface area contributed by atoms with E-state index in [0.29, 0.717) is 26.2 Å². The molecule has 1 aliphatic heterocycles. The highest BCUT2D eigenvalue weighted by Crippen LogP contribution is 2.01. The summed E-state index contributed by atoms with van der Waals surface area (Å²) in [6.45, 7) is 1.05. The van der Waals surface area contributed by atoms with Gasteiger partial charge in [0.25, 0.3) is 0 Å². The van der Waals surface area contributed by atoms with Gasteiger partial charge < -0.3 is 26.0 Å². The first kappa shape index (κ1) is 13.2. The molecule has 3 amide bonds. The van der Waals surface area contributed by atoms with Crippen LogP contribution in [0.5, 0.6) is 0 Å². The molecule has 96 valence electrons. The number of hydrogen-bond donors (Lipinski definition) is 3. The van der Waals surface area contributed by atoms with E-state index in [9.17, 15) is 14.4 Å². The smallest absolute Gasteiger partial charge is 0.407 e. The molecule has 1 heterocycles. The van der Waals surface area contributed by atoms with Crippen LogP contribution in [0.3, 0.4) is 0 Å². The number of amides is 3. The Morgan fingerprint density at radius 2 is 1.65 bits per heavy atom. The van der Waals surface area contributed by atoms with Crippen LogP contribution in [0.1, 0.15) is 0 Å². The number of rotatable bonds is 3. The Labute approximate surface area is 98.3 Å². The molecule has 0 aromatic heterocycles. The Bertz CT molecular complexity index is 312. The molecule has 0 unspecified atom stereocenters. The lowest BCUT2D eigenvalue weighted by Crippen LogP contribution is -2.52. The fourth-order valence-electron chi connectivity index (χ4n) is 1.51. The molecule has 0 aliphatic carbocycles. The average molecular weight is 244 g/mol. The third-order valence-corrected chi connectivity index (χ3v) is 2.53. The van der Waals surface area contributed by atoms with Crippen LogP contribution < -0.4 is 11.1 Å². The third kappa shape index (κ3) is 3.91. The van der Waals surface area contributed by atoms with Crippen LogP contribution >= 0.6 is 0 Å². The van der Waals surface area contributed by atoms with Crippen molar-refractivity contribution < 1.29 is 19.5 Å². The molecule has 17 heavy (non-hydrogen) atoms. The van der Waals surface area contributed by atoms with E-state index >= 15 is 0 Å². The van der Waals surface area contributed by atoms with Crippen molar-refractivity contribution in [3.05, 3.63) is 0 Å². The zero-order valence-electron chi connectivity index (χ0n) is 9.39. The Hall–Kier alpha value is -1.83. The number of nitrogens with one attached hydrogen (secondary N) is 1. The highest BCUT2D eigenvalue weighted by Gasteiger charge is 2.23. The van der Waals surface area contributed by atoms with Crippen molar-refractivity contribution >= 4 is 17.9 Å². The number of carboxylic acid groups (broad SMARTS) is 1. The van der Waals surface area contributed by atoms with Crippen LogP contribution in [-0.4, -0.2) is 72.1 Å². The van der Waals surface area contributed by atoms with Gasteiger partial charge in [-0.05, 0) is 0 Å². The number of nitrogens with two attached hydrogens (primary N) is 1. The first-order chi connectivity index (χ1) is 8.04. The van der Waals surface area contributed by atoms with Crippen LogP contribution in [0.4, 0.5) is 4.79 Å². The van der Waals surface area contributed by atoms with Crippen molar-refractivity contribution in [1.29, 1.82) is 0 Å². The second-order valence-electron chi connectivity index (χ2n) is 3.63. The van der Waals surface area contributed by atoms with Gasteiger partial charge in [0.2, 0.25) is 11.8 Å². The predicted molar refractivity (Wildman–Crippen MR) is 58.2 cm³/mol. The van der Waals surface area contributed by atoms with Crippen LogP contribution in [0.15, 0.2) is 0 Å². The first-order valence-electron chi connectivity index (χ1n) is 5.27. The monoisotopic (exact) mass is 244 g/mol. The Morgan fingerprint density at radius 3 is 2.12 bits per heavy atom. The lowest BCUT2D eigenvalue weighted by molar-refractivity contribution is -0.133. The van der Waals surface area contributed by atoms with Crippen molar-refractivity contribution in [3.8, 4) is 0 Å². The normalized spacial score (nSPS) is 15.6. The summed E-state index contributed by atoms with van der Waals surface area (Å²) < 4.78 is 0. The number of hydrogen-bond acceptors (Lipinski definition) is 4. The van der Waals surface area contributed by atoms with Gasteiger partial charge in [0.05, 0.1) is 13.1 Å². The highest BCUT2D eigenvalue weighted by atomic mass is 16.4. The summed E-state index contributed by atoms with van der Waals surface area (Å²) >= 11 is 0. The zero-order valence-corrected chi connectivity index (χ0v) is 9.39. The molecular formula is C9H16N4O4. The van der Waals surface area contributed by atoms with Gasteiger partial charge in [0, 0.05) is 26.2 Å². The van der Waals surface area contributed by atoms with E-state index in [1.165, 1.54) is 9.80 Å². The summed E-state index contributed by atoms with van der Waals surface area (Å²) in [4.78, 5) is 35.9. The van der Waals surface area contributed by atoms with E-state index < -0.39 is 6.09 Å². The van der Waals surface area contributed by atoms with E-state index in [4.69, 9.17) is 10.8 Å². The Balaban J connectivity index is 2.31. The van der Waals surface area contributed by atoms with E-state index in [1.807, 2.05) is 0 Å². The Morgan fingerprint density at radius 1 is 1.12 bits per heavy atom. The average Bonchev–Trinajstić information content (AvgIpc) is 2.35. The maximum atomic E-state index is 11.6. The molecule has 1 rings (SSSR count). The van der Waals surface area contributed by atoms with Crippen LogP contribution in [0.2, 0.25) is 0 Å². The van der Waals surface area contributed by atoms with Crippen molar-refractivity contribution in [3.63, 3.8) is 0 Å². The second kappa shape index (κ2) is 6.04. The molecule has 0 radical (unpaired) electrons. The summed E-state index contributed by atoms with van der Waals surface area (Å²) in [6.07, 6.45) is -0.978. The number of carbonyl (C=O) groups is 3. The highest BCUT2D eigenvalue weighted by molar-refractivity contribution is 5.85. The van der Waals surface area contributed by atoms with Gasteiger partial charge in [-0.1, -0.05) is 0 Å². The third-order valence-electron chi connectivity index (χ3n) is 2.53. The fraction of sp³-hybridized carbons (Fsp3) is 0.667. The van der Waals surface area contributed by atoms with Gasteiger partial charge >= 0.3 is 6.09 Å². The molecule has 4 N–H and O–H groups in total. The quantitative estimate of drug-likeness (QED) is 0.525. The van der Waals surface area contributed by atoms with Gasteiger partial charge in [-0.2, -0.15) is 0 Å². The molecule has 0 aromatic rings. The summed E-state index contributed by atoms with van der Waals surface area (Å²) in [6, 6.07) is 0. The van der Waals surface area contributed by atoms with E-state index in [1.54, 1.807) is 0 Å². The summed E-state index contributed by atoms with van der Waals surface area (Å²) in [5.74, 6) is -0.612. The van der Waals surface area contributed by atoms with Gasteiger partial charge in [-0.25, -0.2) is 4.79 Å². The lowest BCUT2D eigenvalue weighted by Gasteiger charge is -2.33. The molecule has 0 saturated carbocycles. The minimum atomic E-state index is -0.978. The van der Waals surface area contributed by atoms with Gasteiger partial charge in [0.1, 0.15) is 0 Å². The summed E-state index contributed by atoms with van der Waals surface area (Å²) in [5.41, 5.74) is 5.08. The molecule has 0 spiro atoms. The molecule has 0 aromatic carbocycles. The molecule has 1 aliphatic rings. The van der Waals surface area contributed by atoms with Crippen molar-refractivity contribution in [1.82, 2.24) is 15.1 Å².